The van der Waals surface area contributed by atoms with Crippen molar-refractivity contribution in [3.05, 3.63) is 24.3 Å². The maximum Gasteiger partial charge on any atom is 0.205 e. The molecule has 4 nitrogen and oxygen atoms in total. The Hall–Kier alpha value is -0.0800. The van der Waals surface area contributed by atoms with Crippen LogP contribution in [0.15, 0.2) is 24.3 Å². The zero-order valence-corrected chi connectivity index (χ0v) is 15.5. The van der Waals surface area contributed by atoms with Crippen LogP contribution in [0.4, 0.5) is 0 Å². The van der Waals surface area contributed by atoms with Gasteiger partial charge in [0, 0.05) is 21.4 Å². The second kappa shape index (κ2) is 6.43. The molecule has 122 valence electrons. The molecule has 0 radical (unpaired) electrons. The van der Waals surface area contributed by atoms with Crippen LogP contribution in [0.2, 0.25) is 0 Å². The van der Waals surface area contributed by atoms with Gasteiger partial charge in [-0.15, -0.1) is 0 Å². The van der Waals surface area contributed by atoms with Crippen LogP contribution >= 0.6 is 16.8 Å². The molecule has 0 aromatic heterocycles. The van der Waals surface area contributed by atoms with Gasteiger partial charge < -0.3 is 18.1 Å². The molecular formula is C16H24O4P2. The van der Waals surface area contributed by atoms with Crippen molar-refractivity contribution in [1.82, 2.24) is 0 Å². The Kier molecular flexibility index (Phi) is 4.90. The van der Waals surface area contributed by atoms with Crippen molar-refractivity contribution in [3.8, 4) is 0 Å². The second-order valence-corrected chi connectivity index (χ2v) is 10.4. The zero-order valence-electron chi connectivity index (χ0n) is 13.7. The molecule has 0 bridgehead atoms. The van der Waals surface area contributed by atoms with E-state index in [2.05, 4.69) is 39.8 Å². The molecule has 2 fully saturated rings. The summed E-state index contributed by atoms with van der Waals surface area (Å²) in [5, 5.41) is 2.19. The van der Waals surface area contributed by atoms with Crippen LogP contribution in [0.3, 0.4) is 0 Å². The molecule has 0 atom stereocenters. The molecule has 0 aliphatic carbocycles. The topological polar surface area (TPSA) is 36.9 Å². The molecule has 1 aromatic rings. The minimum atomic E-state index is -1.04. The molecule has 2 aliphatic rings. The van der Waals surface area contributed by atoms with Crippen molar-refractivity contribution in [3.63, 3.8) is 0 Å². The Morgan fingerprint density at radius 1 is 0.682 bits per heavy atom. The first kappa shape index (κ1) is 16.8. The van der Waals surface area contributed by atoms with Gasteiger partial charge in [-0.25, -0.2) is 0 Å². The summed E-state index contributed by atoms with van der Waals surface area (Å²) in [6.07, 6.45) is 0. The molecule has 6 heteroatoms. The lowest BCUT2D eigenvalue weighted by Crippen LogP contribution is -2.36. The fourth-order valence-electron chi connectivity index (χ4n) is 2.14. The van der Waals surface area contributed by atoms with E-state index >= 15 is 0 Å². The maximum atomic E-state index is 5.99. The van der Waals surface area contributed by atoms with Gasteiger partial charge >= 0.3 is 0 Å². The summed E-state index contributed by atoms with van der Waals surface area (Å²) >= 11 is 0. The molecule has 3 rings (SSSR count). The van der Waals surface area contributed by atoms with E-state index in [1.807, 2.05) is 12.1 Å². The summed E-state index contributed by atoms with van der Waals surface area (Å²) in [6, 6.07) is 8.20. The second-order valence-electron chi connectivity index (χ2n) is 7.43. The Morgan fingerprint density at radius 3 is 1.32 bits per heavy atom. The van der Waals surface area contributed by atoms with Crippen LogP contribution in [0.1, 0.15) is 27.7 Å². The lowest BCUT2D eigenvalue weighted by molar-refractivity contribution is 0.0643. The van der Waals surface area contributed by atoms with E-state index in [9.17, 15) is 0 Å². The number of rotatable bonds is 2. The molecule has 0 amide bonds. The lowest BCUT2D eigenvalue weighted by Gasteiger charge is -2.37. The summed E-state index contributed by atoms with van der Waals surface area (Å²) in [7, 11) is -2.08. The van der Waals surface area contributed by atoms with Crippen molar-refractivity contribution in [2.24, 2.45) is 10.8 Å². The summed E-state index contributed by atoms with van der Waals surface area (Å²) < 4.78 is 24.0. The SMILES string of the molecule is CC1(C)COP(c2ccccc2P2OCC(C)(C)CO2)OC1. The summed E-state index contributed by atoms with van der Waals surface area (Å²) in [5.41, 5.74) is 0.169. The molecule has 22 heavy (non-hydrogen) atoms. The van der Waals surface area contributed by atoms with Gasteiger partial charge in [-0.1, -0.05) is 39.8 Å². The smallest absolute Gasteiger partial charge is 0.205 e. The van der Waals surface area contributed by atoms with Gasteiger partial charge in [0.15, 0.2) is 0 Å². The first-order valence-corrected chi connectivity index (χ1v) is 9.93. The highest BCUT2D eigenvalue weighted by Crippen LogP contribution is 2.49. The maximum absolute atomic E-state index is 5.99. The van der Waals surface area contributed by atoms with E-state index in [0.29, 0.717) is 0 Å². The third kappa shape index (κ3) is 3.87. The Bertz CT molecular complexity index is 466. The van der Waals surface area contributed by atoms with E-state index in [1.54, 1.807) is 0 Å². The van der Waals surface area contributed by atoms with Gasteiger partial charge in [0.25, 0.3) is 0 Å². The van der Waals surface area contributed by atoms with Crippen molar-refractivity contribution >= 4 is 27.4 Å². The molecule has 2 heterocycles. The average molecular weight is 342 g/mol. The van der Waals surface area contributed by atoms with E-state index < -0.39 is 16.8 Å². The van der Waals surface area contributed by atoms with Crippen molar-refractivity contribution in [2.45, 2.75) is 27.7 Å². The first-order chi connectivity index (χ1) is 10.4. The molecule has 0 spiro atoms. The highest BCUT2D eigenvalue weighted by atomic mass is 31.2. The number of benzene rings is 1. The van der Waals surface area contributed by atoms with Gasteiger partial charge in [0.2, 0.25) is 16.8 Å². The average Bonchev–Trinajstić information content (AvgIpc) is 2.47. The van der Waals surface area contributed by atoms with Gasteiger partial charge in [0.05, 0.1) is 26.4 Å². The van der Waals surface area contributed by atoms with Gasteiger partial charge in [-0.3, -0.25) is 0 Å². The standard InChI is InChI=1S/C16H24O4P2/c1-15(2)9-17-21(18-10-15)13-7-5-6-8-14(13)22-19-11-16(3,4)12-20-22/h5-8H,9-12H2,1-4H3. The first-order valence-electron chi connectivity index (χ1n) is 7.57. The monoisotopic (exact) mass is 342 g/mol. The van der Waals surface area contributed by atoms with Gasteiger partial charge in [0.1, 0.15) is 0 Å². The highest BCUT2D eigenvalue weighted by molar-refractivity contribution is 7.62. The van der Waals surface area contributed by atoms with Crippen LogP contribution in [0.25, 0.3) is 0 Å². The predicted octanol–water partition coefficient (Wildman–Crippen LogP) is 3.71. The predicted molar refractivity (Wildman–Crippen MR) is 90.9 cm³/mol. The zero-order chi connectivity index (χ0) is 15.8. The summed E-state index contributed by atoms with van der Waals surface area (Å²) in [5.74, 6) is 0. The van der Waals surface area contributed by atoms with Gasteiger partial charge in [-0.05, 0) is 12.1 Å². The lowest BCUT2D eigenvalue weighted by atomic mass is 9.97. The third-order valence-corrected chi connectivity index (χ3v) is 6.76. The molecular weight excluding hydrogens is 318 g/mol. The molecule has 1 aromatic carbocycles. The van der Waals surface area contributed by atoms with E-state index in [-0.39, 0.29) is 10.8 Å². The number of hydrogen-bond acceptors (Lipinski definition) is 4. The van der Waals surface area contributed by atoms with Crippen LogP contribution in [0.5, 0.6) is 0 Å². The Morgan fingerprint density at radius 2 is 1.00 bits per heavy atom. The van der Waals surface area contributed by atoms with Crippen LogP contribution in [0, 0.1) is 10.8 Å². The largest absolute Gasteiger partial charge is 0.330 e. The minimum absolute atomic E-state index is 0.0843. The fourth-order valence-corrected chi connectivity index (χ4v) is 6.14. The third-order valence-electron chi connectivity index (χ3n) is 3.57. The Balaban J connectivity index is 1.76. The van der Waals surface area contributed by atoms with Gasteiger partial charge in [-0.2, -0.15) is 0 Å². The van der Waals surface area contributed by atoms with E-state index in [0.717, 1.165) is 37.0 Å². The molecule has 0 N–H and O–H groups in total. The van der Waals surface area contributed by atoms with Crippen molar-refractivity contribution in [2.75, 3.05) is 26.4 Å². The van der Waals surface area contributed by atoms with Crippen LogP contribution in [-0.2, 0) is 18.1 Å². The molecule has 2 saturated heterocycles. The molecule has 2 aliphatic heterocycles. The minimum Gasteiger partial charge on any atom is -0.330 e. The van der Waals surface area contributed by atoms with E-state index in [4.69, 9.17) is 18.1 Å². The molecule has 0 saturated carbocycles. The summed E-state index contributed by atoms with van der Waals surface area (Å²) in [6.45, 7) is 11.5. The highest BCUT2D eigenvalue weighted by Gasteiger charge is 2.35. The Labute approximate surface area is 135 Å². The van der Waals surface area contributed by atoms with Crippen LogP contribution < -0.4 is 10.6 Å². The normalized spacial score (nSPS) is 26.0. The number of hydrogen-bond donors (Lipinski definition) is 0. The fraction of sp³-hybridized carbons (Fsp3) is 0.625. The summed E-state index contributed by atoms with van der Waals surface area (Å²) in [4.78, 5) is 0. The van der Waals surface area contributed by atoms with E-state index in [1.165, 1.54) is 0 Å². The van der Waals surface area contributed by atoms with Crippen LogP contribution in [-0.4, -0.2) is 26.4 Å². The van der Waals surface area contributed by atoms with Crippen molar-refractivity contribution in [1.29, 1.82) is 0 Å². The quantitative estimate of drug-likeness (QED) is 0.768. The molecule has 0 unspecified atom stereocenters. The van der Waals surface area contributed by atoms with Crippen molar-refractivity contribution < 1.29 is 18.1 Å².